The second-order valence-electron chi connectivity index (χ2n) is 6.47. The normalized spacial score (nSPS) is 14.1. The molecule has 5 nitrogen and oxygen atoms in total. The number of nitrogens with one attached hydrogen (secondary N) is 2. The molecule has 3 rings (SSSR count). The number of nitriles is 1. The van der Waals surface area contributed by atoms with Crippen LogP contribution in [0.5, 0.6) is 0 Å². The van der Waals surface area contributed by atoms with Gasteiger partial charge in [0.05, 0.1) is 5.56 Å². The van der Waals surface area contributed by atoms with Crippen LogP contribution in [-0.4, -0.2) is 37.1 Å². The van der Waals surface area contributed by atoms with Crippen molar-refractivity contribution in [2.45, 2.75) is 25.7 Å². The van der Waals surface area contributed by atoms with E-state index in [9.17, 15) is 10.1 Å². The summed E-state index contributed by atoms with van der Waals surface area (Å²) in [5.41, 5.74) is 2.36. The van der Waals surface area contributed by atoms with Crippen molar-refractivity contribution in [2.75, 3.05) is 31.5 Å². The van der Waals surface area contributed by atoms with Crippen molar-refractivity contribution in [2.24, 2.45) is 0 Å². The van der Waals surface area contributed by atoms with E-state index in [1.54, 1.807) is 0 Å². The molecule has 2 aromatic rings. The summed E-state index contributed by atoms with van der Waals surface area (Å²) < 4.78 is 0. The van der Waals surface area contributed by atoms with Crippen LogP contribution in [0.3, 0.4) is 0 Å². The van der Waals surface area contributed by atoms with Crippen LogP contribution in [0.25, 0.3) is 11.1 Å². The van der Waals surface area contributed by atoms with Crippen molar-refractivity contribution in [3.63, 3.8) is 0 Å². The van der Waals surface area contributed by atoms with Gasteiger partial charge in [0.25, 0.3) is 0 Å². The number of benzene rings is 1. The van der Waals surface area contributed by atoms with Crippen molar-refractivity contribution in [3.8, 4) is 17.2 Å². The van der Waals surface area contributed by atoms with Crippen molar-refractivity contribution < 1.29 is 4.79 Å². The molecule has 1 aromatic heterocycles. The molecule has 0 atom stereocenters. The molecule has 2 heterocycles. The number of carbonyl (C=O) groups is 1. The highest BCUT2D eigenvalue weighted by atomic mass is 32.1. The largest absolute Gasteiger partial charge is 0.338 e. The van der Waals surface area contributed by atoms with Crippen molar-refractivity contribution in [1.29, 1.82) is 5.26 Å². The van der Waals surface area contributed by atoms with Gasteiger partial charge in [0.1, 0.15) is 11.1 Å². The molecule has 136 valence electrons. The summed E-state index contributed by atoms with van der Waals surface area (Å²) in [5, 5.41) is 17.7. The number of likely N-dealkylation sites (tertiary alicyclic amines) is 1. The van der Waals surface area contributed by atoms with E-state index in [0.717, 1.165) is 30.5 Å². The third-order valence-corrected chi connectivity index (χ3v) is 5.50. The number of urea groups is 1. The second kappa shape index (κ2) is 9.37. The number of carbonyl (C=O) groups excluding carboxylic acids is 1. The summed E-state index contributed by atoms with van der Waals surface area (Å²) >= 11 is 1.38. The maximum absolute atomic E-state index is 12.1. The minimum Gasteiger partial charge on any atom is -0.338 e. The highest BCUT2D eigenvalue weighted by Gasteiger charge is 2.15. The fourth-order valence-electron chi connectivity index (χ4n) is 3.21. The Kier molecular flexibility index (Phi) is 6.64. The average Bonchev–Trinajstić information content (AvgIpc) is 3.31. The Morgan fingerprint density at radius 2 is 1.96 bits per heavy atom. The van der Waals surface area contributed by atoms with E-state index < -0.39 is 0 Å². The molecule has 2 N–H and O–H groups in total. The SMILES string of the molecule is N#Cc1c(-c2ccccc2)csc1NC(=O)NCCCCN1CCCC1. The Morgan fingerprint density at radius 1 is 1.19 bits per heavy atom. The van der Waals surface area contributed by atoms with E-state index in [2.05, 4.69) is 21.6 Å². The third-order valence-electron chi connectivity index (χ3n) is 4.60. The molecule has 0 aliphatic carbocycles. The van der Waals surface area contributed by atoms with Crippen LogP contribution in [0.1, 0.15) is 31.2 Å². The molecule has 1 fully saturated rings. The van der Waals surface area contributed by atoms with Crippen LogP contribution in [0, 0.1) is 11.3 Å². The van der Waals surface area contributed by atoms with Crippen LogP contribution in [0.4, 0.5) is 9.80 Å². The fraction of sp³-hybridized carbons (Fsp3) is 0.400. The molecular formula is C20H24N4OS. The standard InChI is InChI=1S/C20H24N4OS/c21-14-17-18(16-8-2-1-3-9-16)15-26-19(17)23-20(25)22-10-4-5-11-24-12-6-7-13-24/h1-3,8-9,15H,4-7,10-13H2,(H2,22,23,25). The molecule has 0 saturated carbocycles. The van der Waals surface area contributed by atoms with Gasteiger partial charge in [-0.05, 0) is 50.9 Å². The number of anilines is 1. The fourth-order valence-corrected chi connectivity index (χ4v) is 4.12. The molecule has 0 spiro atoms. The zero-order chi connectivity index (χ0) is 18.2. The number of amides is 2. The summed E-state index contributed by atoms with van der Waals surface area (Å²) in [6, 6.07) is 11.7. The molecule has 2 amide bonds. The molecule has 1 aliphatic heterocycles. The Hall–Kier alpha value is -2.36. The van der Waals surface area contributed by atoms with Crippen LogP contribution >= 0.6 is 11.3 Å². The quantitative estimate of drug-likeness (QED) is 0.717. The predicted octanol–water partition coefficient (Wildman–Crippen LogP) is 4.28. The van der Waals surface area contributed by atoms with Crippen LogP contribution < -0.4 is 10.6 Å². The van der Waals surface area contributed by atoms with Crippen LogP contribution in [-0.2, 0) is 0 Å². The number of hydrogen-bond donors (Lipinski definition) is 2. The summed E-state index contributed by atoms with van der Waals surface area (Å²) in [6.45, 7) is 4.20. The lowest BCUT2D eigenvalue weighted by Crippen LogP contribution is -2.30. The lowest BCUT2D eigenvalue weighted by atomic mass is 10.1. The predicted molar refractivity (Wildman–Crippen MR) is 106 cm³/mol. The number of unbranched alkanes of at least 4 members (excludes halogenated alkanes) is 1. The Bertz CT molecular complexity index is 760. The molecule has 6 heteroatoms. The molecular weight excluding hydrogens is 344 g/mol. The van der Waals surface area contributed by atoms with Gasteiger partial charge in [0.15, 0.2) is 0 Å². The van der Waals surface area contributed by atoms with Crippen molar-refractivity contribution in [1.82, 2.24) is 10.2 Å². The van der Waals surface area contributed by atoms with Gasteiger partial charge in [-0.2, -0.15) is 5.26 Å². The first-order valence-electron chi connectivity index (χ1n) is 9.12. The first-order valence-corrected chi connectivity index (χ1v) is 10.00. The van der Waals surface area contributed by atoms with Crippen LogP contribution in [0.2, 0.25) is 0 Å². The van der Waals surface area contributed by atoms with Gasteiger partial charge in [0.2, 0.25) is 0 Å². The van der Waals surface area contributed by atoms with Gasteiger partial charge in [0, 0.05) is 17.5 Å². The monoisotopic (exact) mass is 368 g/mol. The van der Waals surface area contributed by atoms with Crippen LogP contribution in [0.15, 0.2) is 35.7 Å². The summed E-state index contributed by atoms with van der Waals surface area (Å²) in [4.78, 5) is 14.6. The lowest BCUT2D eigenvalue weighted by Gasteiger charge is -2.14. The maximum Gasteiger partial charge on any atom is 0.319 e. The summed E-state index contributed by atoms with van der Waals surface area (Å²) in [6.07, 6.45) is 4.69. The Balaban J connectivity index is 1.47. The van der Waals surface area contributed by atoms with E-state index in [-0.39, 0.29) is 6.03 Å². The lowest BCUT2D eigenvalue weighted by molar-refractivity contribution is 0.251. The van der Waals surface area contributed by atoms with Gasteiger partial charge in [-0.15, -0.1) is 11.3 Å². The molecule has 0 unspecified atom stereocenters. The minimum atomic E-state index is -0.246. The number of nitrogens with zero attached hydrogens (tertiary/aromatic N) is 2. The number of hydrogen-bond acceptors (Lipinski definition) is 4. The Morgan fingerprint density at radius 3 is 2.69 bits per heavy atom. The topological polar surface area (TPSA) is 68.2 Å². The smallest absolute Gasteiger partial charge is 0.319 e. The number of thiophene rings is 1. The van der Waals surface area contributed by atoms with E-state index in [0.29, 0.717) is 17.1 Å². The third kappa shape index (κ3) is 4.84. The van der Waals surface area contributed by atoms with Crippen molar-refractivity contribution in [3.05, 3.63) is 41.3 Å². The average molecular weight is 369 g/mol. The molecule has 1 saturated heterocycles. The van der Waals surface area contributed by atoms with Gasteiger partial charge in [-0.25, -0.2) is 4.79 Å². The zero-order valence-electron chi connectivity index (χ0n) is 14.8. The van der Waals surface area contributed by atoms with E-state index in [1.165, 1.54) is 37.3 Å². The molecule has 0 radical (unpaired) electrons. The highest BCUT2D eigenvalue weighted by molar-refractivity contribution is 7.15. The van der Waals surface area contributed by atoms with Gasteiger partial charge < -0.3 is 10.2 Å². The van der Waals surface area contributed by atoms with Crippen molar-refractivity contribution >= 4 is 22.4 Å². The molecule has 0 bridgehead atoms. The summed E-state index contributed by atoms with van der Waals surface area (Å²) in [7, 11) is 0. The first-order chi connectivity index (χ1) is 12.8. The first kappa shape index (κ1) is 18.4. The van der Waals surface area contributed by atoms with E-state index in [4.69, 9.17) is 0 Å². The summed E-state index contributed by atoms with van der Waals surface area (Å²) in [5.74, 6) is 0. The minimum absolute atomic E-state index is 0.246. The van der Waals surface area contributed by atoms with Gasteiger partial charge >= 0.3 is 6.03 Å². The van der Waals surface area contributed by atoms with E-state index >= 15 is 0 Å². The molecule has 1 aliphatic rings. The molecule has 26 heavy (non-hydrogen) atoms. The van der Waals surface area contributed by atoms with Gasteiger partial charge in [-0.3, -0.25) is 5.32 Å². The number of rotatable bonds is 7. The highest BCUT2D eigenvalue weighted by Crippen LogP contribution is 2.34. The zero-order valence-corrected chi connectivity index (χ0v) is 15.6. The molecule has 1 aromatic carbocycles. The van der Waals surface area contributed by atoms with E-state index in [1.807, 2.05) is 35.7 Å². The maximum atomic E-state index is 12.1. The second-order valence-corrected chi connectivity index (χ2v) is 7.35. The van der Waals surface area contributed by atoms with Gasteiger partial charge in [-0.1, -0.05) is 30.3 Å². The Labute approximate surface area is 158 Å².